The van der Waals surface area contributed by atoms with E-state index in [1.807, 2.05) is 39.0 Å². The van der Waals surface area contributed by atoms with Crippen LogP contribution in [0.15, 0.2) is 59.5 Å². The molecule has 7 nitrogen and oxygen atoms in total. The molecule has 1 aliphatic heterocycles. The number of hydrogen-bond acceptors (Lipinski definition) is 4. The largest absolute Gasteiger partial charge is 0.354 e. The molecule has 1 aliphatic rings. The van der Waals surface area contributed by atoms with Gasteiger partial charge in [0.25, 0.3) is 10.0 Å². The van der Waals surface area contributed by atoms with Crippen LogP contribution in [-0.4, -0.2) is 44.3 Å². The summed E-state index contributed by atoms with van der Waals surface area (Å²) in [6.45, 7) is 6.64. The Morgan fingerprint density at radius 3 is 2.44 bits per heavy atom. The molecule has 0 spiro atoms. The number of rotatable bonds is 11. The Morgan fingerprint density at radius 1 is 1.05 bits per heavy atom. The number of hydrogen-bond donors (Lipinski definition) is 1. The quantitative estimate of drug-likeness (QED) is 0.296. The zero-order valence-electron chi connectivity index (χ0n) is 22.3. The van der Waals surface area contributed by atoms with Crippen molar-refractivity contribution in [3.05, 3.63) is 70.2 Å². The lowest BCUT2D eigenvalue weighted by atomic mass is 10.1. The number of carbonyl (C=O) groups excluding carboxylic acids is 2. The maximum atomic E-state index is 13.6. The van der Waals surface area contributed by atoms with Crippen molar-refractivity contribution in [2.45, 2.75) is 57.5 Å². The third kappa shape index (κ3) is 6.18. The van der Waals surface area contributed by atoms with Gasteiger partial charge in [-0.15, -0.1) is 0 Å². The molecule has 0 saturated carbocycles. The third-order valence-electron chi connectivity index (χ3n) is 6.86. The highest BCUT2D eigenvalue weighted by molar-refractivity contribution is 7.93. The second-order valence-electron chi connectivity index (χ2n) is 10.1. The minimum absolute atomic E-state index is 0.0670. The van der Waals surface area contributed by atoms with Crippen LogP contribution in [-0.2, 0) is 26.2 Å². The normalized spacial score (nSPS) is 14.6. The molecule has 3 aromatic carbocycles. The summed E-state index contributed by atoms with van der Waals surface area (Å²) in [5.74, 6) is -0.217. The molecule has 208 valence electrons. The van der Waals surface area contributed by atoms with Crippen LogP contribution in [0.3, 0.4) is 0 Å². The first-order valence-electron chi connectivity index (χ1n) is 13.1. The molecule has 4 rings (SSSR count). The highest BCUT2D eigenvalue weighted by atomic mass is 35.5. The fourth-order valence-corrected chi connectivity index (χ4v) is 7.11. The molecule has 3 aromatic rings. The summed E-state index contributed by atoms with van der Waals surface area (Å²) < 4.78 is 28.0. The van der Waals surface area contributed by atoms with Gasteiger partial charge < -0.3 is 10.2 Å². The Kier molecular flexibility index (Phi) is 9.09. The number of halogens is 2. The fraction of sp³-hybridized carbons (Fsp3) is 0.379. The summed E-state index contributed by atoms with van der Waals surface area (Å²) in [5.41, 5.74) is 1.30. The molecule has 1 N–H and O–H groups in total. The second kappa shape index (κ2) is 12.1. The molecular weight excluding hydrogens is 557 g/mol. The molecule has 0 radical (unpaired) electrons. The Labute approximate surface area is 240 Å². The number of nitrogens with zero attached hydrogens (tertiary/aromatic N) is 2. The van der Waals surface area contributed by atoms with Gasteiger partial charge in [0, 0.05) is 41.5 Å². The number of carbonyl (C=O) groups is 2. The van der Waals surface area contributed by atoms with Gasteiger partial charge in [0.05, 0.1) is 10.6 Å². The topological polar surface area (TPSA) is 86.8 Å². The van der Waals surface area contributed by atoms with Crippen LogP contribution >= 0.6 is 23.2 Å². The summed E-state index contributed by atoms with van der Waals surface area (Å²) >= 11 is 12.5. The van der Waals surface area contributed by atoms with Crippen molar-refractivity contribution in [2.24, 2.45) is 5.92 Å². The van der Waals surface area contributed by atoms with Gasteiger partial charge in [0.1, 0.15) is 6.04 Å². The predicted molar refractivity (Wildman–Crippen MR) is 157 cm³/mol. The molecule has 0 bridgehead atoms. The Balaban J connectivity index is 1.53. The molecule has 0 aliphatic carbocycles. The maximum absolute atomic E-state index is 13.6. The van der Waals surface area contributed by atoms with Crippen LogP contribution in [0.25, 0.3) is 10.8 Å². The van der Waals surface area contributed by atoms with Gasteiger partial charge in [-0.05, 0) is 54.0 Å². The monoisotopic (exact) mass is 589 g/mol. The van der Waals surface area contributed by atoms with E-state index in [-0.39, 0.29) is 48.6 Å². The molecule has 10 heteroatoms. The lowest BCUT2D eigenvalue weighted by Crippen LogP contribution is -2.49. The smallest absolute Gasteiger partial charge is 0.265 e. The van der Waals surface area contributed by atoms with E-state index in [9.17, 15) is 18.0 Å². The second-order valence-corrected chi connectivity index (χ2v) is 12.8. The molecule has 0 aromatic heterocycles. The first kappa shape index (κ1) is 29.2. The van der Waals surface area contributed by atoms with E-state index in [0.717, 1.165) is 5.39 Å². The van der Waals surface area contributed by atoms with E-state index in [1.54, 1.807) is 41.3 Å². The summed E-state index contributed by atoms with van der Waals surface area (Å²) in [6, 6.07) is 15.1. The Hall–Kier alpha value is -2.81. The van der Waals surface area contributed by atoms with Crippen LogP contribution in [0.5, 0.6) is 0 Å². The lowest BCUT2D eigenvalue weighted by Gasteiger charge is -2.31. The van der Waals surface area contributed by atoms with E-state index in [1.165, 1.54) is 4.31 Å². The summed E-state index contributed by atoms with van der Waals surface area (Å²) in [7, 11) is -3.71. The molecule has 0 saturated heterocycles. The maximum Gasteiger partial charge on any atom is 0.265 e. The van der Waals surface area contributed by atoms with E-state index >= 15 is 0 Å². The molecule has 2 amide bonds. The van der Waals surface area contributed by atoms with E-state index < -0.39 is 16.1 Å². The van der Waals surface area contributed by atoms with Crippen molar-refractivity contribution < 1.29 is 18.0 Å². The highest BCUT2D eigenvalue weighted by Gasteiger charge is 2.35. The molecule has 1 atom stereocenters. The van der Waals surface area contributed by atoms with Gasteiger partial charge in [0.2, 0.25) is 11.8 Å². The zero-order chi connectivity index (χ0) is 28.3. The lowest BCUT2D eigenvalue weighted by molar-refractivity contribution is -0.141. The number of anilines is 1. The van der Waals surface area contributed by atoms with E-state index in [2.05, 4.69) is 5.32 Å². The third-order valence-corrected chi connectivity index (χ3v) is 9.30. The van der Waals surface area contributed by atoms with E-state index in [0.29, 0.717) is 39.6 Å². The van der Waals surface area contributed by atoms with Crippen LogP contribution in [0, 0.1) is 5.92 Å². The number of benzene rings is 3. The molecule has 0 unspecified atom stereocenters. The average Bonchev–Trinajstić information content (AvgIpc) is 3.11. The summed E-state index contributed by atoms with van der Waals surface area (Å²) in [4.78, 5) is 28.6. The van der Waals surface area contributed by atoms with Gasteiger partial charge in [0.15, 0.2) is 0 Å². The first-order valence-corrected chi connectivity index (χ1v) is 15.3. The van der Waals surface area contributed by atoms with Crippen LogP contribution in [0.1, 0.15) is 45.6 Å². The minimum atomic E-state index is -3.71. The standard InChI is InChI=1S/C29H33Cl2N3O4S/c1-4-24(29(36)32-17-19(2)3)33(18-21-13-14-22(30)16-23(21)31)27(35)12-7-15-34-25-10-5-8-20-9-6-11-26(28(20)25)39(34,37)38/h5-6,8-11,13-14,16,19,24H,4,7,12,15,17-18H2,1-3H3,(H,32,36)/t24-/m1/s1. The number of sulfonamides is 1. The highest BCUT2D eigenvalue weighted by Crippen LogP contribution is 2.42. The van der Waals surface area contributed by atoms with Gasteiger partial charge in [-0.3, -0.25) is 13.9 Å². The first-order chi connectivity index (χ1) is 18.5. The summed E-state index contributed by atoms with van der Waals surface area (Å²) in [6.07, 6.45) is 0.771. The van der Waals surface area contributed by atoms with Crippen LogP contribution in [0.4, 0.5) is 5.69 Å². The van der Waals surface area contributed by atoms with E-state index in [4.69, 9.17) is 23.2 Å². The molecule has 0 fully saturated rings. The number of amides is 2. The van der Waals surface area contributed by atoms with Crippen molar-refractivity contribution in [3.8, 4) is 0 Å². The van der Waals surface area contributed by atoms with Crippen molar-refractivity contribution in [1.29, 1.82) is 0 Å². The zero-order valence-corrected chi connectivity index (χ0v) is 24.6. The van der Waals surface area contributed by atoms with Crippen molar-refractivity contribution in [3.63, 3.8) is 0 Å². The van der Waals surface area contributed by atoms with Crippen molar-refractivity contribution in [1.82, 2.24) is 10.2 Å². The average molecular weight is 591 g/mol. The fourth-order valence-electron chi connectivity index (χ4n) is 4.89. The molecule has 1 heterocycles. The van der Waals surface area contributed by atoms with Gasteiger partial charge in [-0.25, -0.2) is 8.42 Å². The van der Waals surface area contributed by atoms with Gasteiger partial charge in [-0.1, -0.05) is 74.3 Å². The Bertz CT molecular complexity index is 1490. The molecule has 39 heavy (non-hydrogen) atoms. The SMILES string of the molecule is CC[C@H](C(=O)NCC(C)C)N(Cc1ccc(Cl)cc1Cl)C(=O)CCCN1c2cccc3cccc(c23)S1(=O)=O. The Morgan fingerprint density at radius 2 is 1.77 bits per heavy atom. The van der Waals surface area contributed by atoms with Crippen molar-refractivity contribution >= 4 is 61.5 Å². The van der Waals surface area contributed by atoms with Gasteiger partial charge >= 0.3 is 0 Å². The predicted octanol–water partition coefficient (Wildman–Crippen LogP) is 6.02. The van der Waals surface area contributed by atoms with Crippen LogP contribution < -0.4 is 9.62 Å². The minimum Gasteiger partial charge on any atom is -0.354 e. The van der Waals surface area contributed by atoms with Crippen LogP contribution in [0.2, 0.25) is 10.0 Å². The van der Waals surface area contributed by atoms with Crippen molar-refractivity contribution in [2.75, 3.05) is 17.4 Å². The molecular formula is C29H33Cl2N3O4S. The summed E-state index contributed by atoms with van der Waals surface area (Å²) in [5, 5.41) is 5.39. The number of nitrogens with one attached hydrogen (secondary N) is 1. The van der Waals surface area contributed by atoms with Gasteiger partial charge in [-0.2, -0.15) is 0 Å².